The van der Waals surface area contributed by atoms with Gasteiger partial charge in [-0.25, -0.2) is 4.98 Å². The molecule has 6 nitrogen and oxygen atoms in total. The Kier molecular flexibility index (Phi) is 5.94. The predicted octanol–water partition coefficient (Wildman–Crippen LogP) is 1.83. The molecule has 9 heteroatoms. The van der Waals surface area contributed by atoms with Crippen molar-refractivity contribution in [2.75, 3.05) is 6.61 Å². The van der Waals surface area contributed by atoms with Crippen molar-refractivity contribution >= 4 is 5.91 Å². The number of nitrogens with two attached hydrogens (primary N) is 1. The van der Waals surface area contributed by atoms with Crippen LogP contribution in [-0.4, -0.2) is 28.6 Å². The number of alkyl halides is 3. The number of carbonyl (C=O) groups excluding carboxylic acids is 1. The number of hydrogen-bond donors (Lipinski definition) is 3. The van der Waals surface area contributed by atoms with Crippen molar-refractivity contribution in [2.24, 2.45) is 5.73 Å². The standard InChI is InChI=1S/C16H16F3N3O3/c17-16(18,19)11-4-1-5-12(7-11)25-15-10(3-2-6-21-15)8-22-14(24)13(20)9-23/h1-7,13,23H,8-9,20H2,(H,22,24). The third-order valence-corrected chi connectivity index (χ3v) is 3.21. The van der Waals surface area contributed by atoms with Gasteiger partial charge in [-0.1, -0.05) is 12.1 Å². The van der Waals surface area contributed by atoms with Crippen molar-refractivity contribution in [2.45, 2.75) is 18.8 Å². The number of hydrogen-bond acceptors (Lipinski definition) is 5. The summed E-state index contributed by atoms with van der Waals surface area (Å²) in [5, 5.41) is 11.3. The van der Waals surface area contributed by atoms with Crippen LogP contribution in [0.2, 0.25) is 0 Å². The van der Waals surface area contributed by atoms with Crippen LogP contribution in [0.5, 0.6) is 11.6 Å². The van der Waals surface area contributed by atoms with Crippen molar-refractivity contribution in [1.82, 2.24) is 10.3 Å². The number of aromatic nitrogens is 1. The zero-order chi connectivity index (χ0) is 18.4. The molecule has 2 aromatic rings. The maximum Gasteiger partial charge on any atom is 0.416 e. The lowest BCUT2D eigenvalue weighted by Gasteiger charge is -2.13. The molecule has 25 heavy (non-hydrogen) atoms. The highest BCUT2D eigenvalue weighted by Crippen LogP contribution is 2.32. The smallest absolute Gasteiger partial charge is 0.416 e. The summed E-state index contributed by atoms with van der Waals surface area (Å²) in [5.41, 5.74) is 4.98. The number of aliphatic hydroxyl groups is 1. The Hall–Kier alpha value is -2.65. The third-order valence-electron chi connectivity index (χ3n) is 3.21. The van der Waals surface area contributed by atoms with Gasteiger partial charge in [-0.05, 0) is 24.3 Å². The van der Waals surface area contributed by atoms with E-state index in [0.717, 1.165) is 12.1 Å². The van der Waals surface area contributed by atoms with E-state index in [0.29, 0.717) is 5.56 Å². The molecule has 1 aromatic heterocycles. The van der Waals surface area contributed by atoms with E-state index in [2.05, 4.69) is 10.3 Å². The zero-order valence-electron chi connectivity index (χ0n) is 13.0. The number of carbonyl (C=O) groups is 1. The molecule has 0 fully saturated rings. The summed E-state index contributed by atoms with van der Waals surface area (Å²) in [5.74, 6) is -0.552. The summed E-state index contributed by atoms with van der Waals surface area (Å²) in [6.07, 6.45) is -3.07. The molecule has 1 unspecified atom stereocenters. The Balaban J connectivity index is 2.14. The third kappa shape index (κ3) is 5.16. The first-order chi connectivity index (χ1) is 11.8. The van der Waals surface area contributed by atoms with E-state index in [1.165, 1.54) is 18.3 Å². The van der Waals surface area contributed by atoms with Crippen LogP contribution >= 0.6 is 0 Å². The fourth-order valence-corrected chi connectivity index (χ4v) is 1.89. The van der Waals surface area contributed by atoms with Gasteiger partial charge < -0.3 is 20.9 Å². The molecule has 0 bridgehead atoms. The van der Waals surface area contributed by atoms with Crippen LogP contribution in [0.25, 0.3) is 0 Å². The molecular formula is C16H16F3N3O3. The van der Waals surface area contributed by atoms with Crippen LogP contribution < -0.4 is 15.8 Å². The summed E-state index contributed by atoms with van der Waals surface area (Å²) >= 11 is 0. The zero-order valence-corrected chi connectivity index (χ0v) is 13.0. The number of halogens is 3. The van der Waals surface area contributed by atoms with Gasteiger partial charge in [0, 0.05) is 18.3 Å². The van der Waals surface area contributed by atoms with E-state index in [1.807, 2.05) is 0 Å². The molecule has 0 radical (unpaired) electrons. The topological polar surface area (TPSA) is 97.5 Å². The SMILES string of the molecule is NC(CO)C(=O)NCc1cccnc1Oc1cccc(C(F)(F)F)c1. The van der Waals surface area contributed by atoms with Crippen LogP contribution in [0, 0.1) is 0 Å². The van der Waals surface area contributed by atoms with Crippen molar-refractivity contribution in [3.63, 3.8) is 0 Å². The molecule has 1 heterocycles. The lowest BCUT2D eigenvalue weighted by atomic mass is 10.2. The van der Waals surface area contributed by atoms with Gasteiger partial charge >= 0.3 is 6.18 Å². The van der Waals surface area contributed by atoms with E-state index < -0.39 is 30.3 Å². The minimum atomic E-state index is -4.49. The number of amides is 1. The number of aliphatic hydroxyl groups excluding tert-OH is 1. The van der Waals surface area contributed by atoms with Gasteiger partial charge in [0.2, 0.25) is 11.8 Å². The van der Waals surface area contributed by atoms with Crippen LogP contribution in [-0.2, 0) is 17.5 Å². The first-order valence-electron chi connectivity index (χ1n) is 7.24. The molecule has 2 rings (SSSR count). The van der Waals surface area contributed by atoms with Crippen LogP contribution in [0.3, 0.4) is 0 Å². The van der Waals surface area contributed by atoms with Gasteiger partial charge in [-0.3, -0.25) is 4.79 Å². The van der Waals surface area contributed by atoms with Crippen molar-refractivity contribution in [3.05, 3.63) is 53.7 Å². The summed E-state index contributed by atoms with van der Waals surface area (Å²) < 4.78 is 43.7. The van der Waals surface area contributed by atoms with Gasteiger partial charge in [0.05, 0.1) is 12.2 Å². The highest BCUT2D eigenvalue weighted by Gasteiger charge is 2.30. The monoisotopic (exact) mass is 355 g/mol. The average molecular weight is 355 g/mol. The van der Waals surface area contributed by atoms with Crippen molar-refractivity contribution < 1.29 is 27.8 Å². The molecule has 1 aromatic carbocycles. The molecule has 4 N–H and O–H groups in total. The fourth-order valence-electron chi connectivity index (χ4n) is 1.89. The van der Waals surface area contributed by atoms with E-state index in [4.69, 9.17) is 15.6 Å². The minimum Gasteiger partial charge on any atom is -0.439 e. The molecule has 0 aliphatic carbocycles. The highest BCUT2D eigenvalue weighted by atomic mass is 19.4. The van der Waals surface area contributed by atoms with E-state index in [1.54, 1.807) is 12.1 Å². The first-order valence-corrected chi connectivity index (χ1v) is 7.24. The Labute approximate surface area is 141 Å². The number of rotatable bonds is 6. The van der Waals surface area contributed by atoms with Gasteiger partial charge in [0.15, 0.2) is 0 Å². The first kappa shape index (κ1) is 18.7. The van der Waals surface area contributed by atoms with Gasteiger partial charge in [0.1, 0.15) is 11.8 Å². The number of pyridine rings is 1. The summed E-state index contributed by atoms with van der Waals surface area (Å²) in [7, 11) is 0. The average Bonchev–Trinajstić information content (AvgIpc) is 2.59. The maximum absolute atomic E-state index is 12.8. The van der Waals surface area contributed by atoms with Gasteiger partial charge in [0.25, 0.3) is 0 Å². The van der Waals surface area contributed by atoms with Crippen LogP contribution in [0.4, 0.5) is 13.2 Å². The number of nitrogens with zero attached hydrogens (tertiary/aromatic N) is 1. The van der Waals surface area contributed by atoms with Crippen LogP contribution in [0.1, 0.15) is 11.1 Å². The van der Waals surface area contributed by atoms with E-state index in [-0.39, 0.29) is 18.2 Å². The summed E-state index contributed by atoms with van der Waals surface area (Å²) in [6, 6.07) is 6.51. The quantitative estimate of drug-likeness (QED) is 0.734. The molecule has 0 saturated heterocycles. The Bertz CT molecular complexity index is 738. The van der Waals surface area contributed by atoms with Crippen LogP contribution in [0.15, 0.2) is 42.6 Å². The lowest BCUT2D eigenvalue weighted by molar-refractivity contribution is -0.137. The number of nitrogens with one attached hydrogen (secondary N) is 1. The fraction of sp³-hybridized carbons (Fsp3) is 0.250. The number of benzene rings is 1. The lowest BCUT2D eigenvalue weighted by Crippen LogP contribution is -2.42. The summed E-state index contributed by atoms with van der Waals surface area (Å²) in [4.78, 5) is 15.6. The highest BCUT2D eigenvalue weighted by molar-refractivity contribution is 5.81. The van der Waals surface area contributed by atoms with Gasteiger partial charge in [-0.15, -0.1) is 0 Å². The number of ether oxygens (including phenoxy) is 1. The molecular weight excluding hydrogens is 339 g/mol. The maximum atomic E-state index is 12.8. The second kappa shape index (κ2) is 7.95. The summed E-state index contributed by atoms with van der Waals surface area (Å²) in [6.45, 7) is -0.513. The molecule has 0 saturated carbocycles. The van der Waals surface area contributed by atoms with Crippen molar-refractivity contribution in [1.29, 1.82) is 0 Å². The molecule has 0 aliphatic heterocycles. The largest absolute Gasteiger partial charge is 0.439 e. The second-order valence-corrected chi connectivity index (χ2v) is 5.10. The van der Waals surface area contributed by atoms with E-state index >= 15 is 0 Å². The second-order valence-electron chi connectivity index (χ2n) is 5.10. The van der Waals surface area contributed by atoms with E-state index in [9.17, 15) is 18.0 Å². The Morgan fingerprint density at radius 1 is 1.32 bits per heavy atom. The minimum absolute atomic E-state index is 0.00529. The molecule has 0 spiro atoms. The van der Waals surface area contributed by atoms with Gasteiger partial charge in [-0.2, -0.15) is 13.2 Å². The predicted molar refractivity (Wildman–Crippen MR) is 82.7 cm³/mol. The Morgan fingerprint density at radius 2 is 2.08 bits per heavy atom. The molecule has 134 valence electrons. The normalized spacial score (nSPS) is 12.5. The Morgan fingerprint density at radius 3 is 2.76 bits per heavy atom. The molecule has 0 aliphatic rings. The van der Waals surface area contributed by atoms with Crippen molar-refractivity contribution in [3.8, 4) is 11.6 Å². The molecule has 1 amide bonds. The molecule has 1 atom stereocenters.